The van der Waals surface area contributed by atoms with Crippen LogP contribution in [0, 0.1) is 0 Å². The number of hydrogen-bond acceptors (Lipinski definition) is 2. The molecule has 0 fully saturated rings. The first kappa shape index (κ1) is 30.7. The van der Waals surface area contributed by atoms with E-state index in [1.807, 2.05) is 11.8 Å². The molecule has 0 unspecified atom stereocenters. The van der Waals surface area contributed by atoms with E-state index in [1.165, 1.54) is 98.2 Å². The highest BCUT2D eigenvalue weighted by Crippen LogP contribution is 2.51. The molecule has 0 aromatic heterocycles. The summed E-state index contributed by atoms with van der Waals surface area (Å²) in [6, 6.07) is 38.6. The molecular formula is C46H43B2NS. The van der Waals surface area contributed by atoms with Gasteiger partial charge in [-0.25, -0.2) is 0 Å². The highest BCUT2D eigenvalue weighted by atomic mass is 32.2. The third-order valence-electron chi connectivity index (χ3n) is 11.9. The second-order valence-corrected chi connectivity index (χ2v) is 19.3. The van der Waals surface area contributed by atoms with Crippen LogP contribution in [-0.4, -0.2) is 13.6 Å². The zero-order valence-corrected chi connectivity index (χ0v) is 31.6. The maximum absolute atomic E-state index is 2.80. The molecule has 6 aromatic rings. The van der Waals surface area contributed by atoms with Crippen molar-refractivity contribution < 1.29 is 0 Å². The Morgan fingerprint density at radius 2 is 1.02 bits per heavy atom. The molecule has 0 saturated heterocycles. The summed E-state index contributed by atoms with van der Waals surface area (Å²) in [6.07, 6.45) is 0. The van der Waals surface area contributed by atoms with Crippen molar-refractivity contribution >= 4 is 74.8 Å². The van der Waals surface area contributed by atoms with E-state index in [4.69, 9.17) is 0 Å². The lowest BCUT2D eigenvalue weighted by Crippen LogP contribution is -2.69. The van der Waals surface area contributed by atoms with Crippen LogP contribution < -0.4 is 32.1 Å². The van der Waals surface area contributed by atoms with Gasteiger partial charge < -0.3 is 4.81 Å². The predicted molar refractivity (Wildman–Crippen MR) is 220 cm³/mol. The van der Waals surface area contributed by atoms with Gasteiger partial charge in [-0.3, -0.25) is 0 Å². The summed E-state index contributed by atoms with van der Waals surface area (Å²) in [6.45, 7) is 21.5. The minimum Gasteiger partial charge on any atom is -0.377 e. The Hall–Kier alpha value is -4.14. The molecule has 0 spiro atoms. The molecule has 1 nitrogen and oxygen atoms in total. The number of fused-ring (bicyclic) bond motifs is 10. The van der Waals surface area contributed by atoms with Crippen LogP contribution in [0.15, 0.2) is 107 Å². The van der Waals surface area contributed by atoms with E-state index in [2.05, 4.69) is 164 Å². The minimum absolute atomic E-state index is 0.00455. The van der Waals surface area contributed by atoms with E-state index in [9.17, 15) is 0 Å². The Morgan fingerprint density at radius 1 is 0.460 bits per heavy atom. The first-order valence-electron chi connectivity index (χ1n) is 18.3. The summed E-state index contributed by atoms with van der Waals surface area (Å²) in [4.78, 5) is 5.59. The van der Waals surface area contributed by atoms with Gasteiger partial charge >= 0.3 is 6.85 Å². The average Bonchev–Trinajstić information content (AvgIpc) is 3.07. The van der Waals surface area contributed by atoms with Gasteiger partial charge in [0.25, 0.3) is 0 Å². The Kier molecular flexibility index (Phi) is 6.01. The summed E-state index contributed by atoms with van der Waals surface area (Å²) in [5, 5.41) is 2.64. The molecule has 0 amide bonds. The second-order valence-electron chi connectivity index (χ2n) is 18.2. The SMILES string of the molecule is CC(C)(C)c1ccc2c(c1)B1c3cc(C(C)(C)C)ccc3-c3ccc4c5c3N1c1c(cc(C(C)(C)C)cc1-2)B5c1cc2ccccc2cc1S4. The van der Waals surface area contributed by atoms with E-state index >= 15 is 0 Å². The van der Waals surface area contributed by atoms with Crippen LogP contribution in [0.3, 0.4) is 0 Å². The van der Waals surface area contributed by atoms with E-state index in [1.54, 1.807) is 0 Å². The maximum atomic E-state index is 2.80. The van der Waals surface area contributed by atoms with E-state index in [0.717, 1.165) is 0 Å². The van der Waals surface area contributed by atoms with Crippen LogP contribution in [-0.2, 0) is 16.2 Å². The monoisotopic (exact) mass is 663 g/mol. The molecule has 0 bridgehead atoms. The summed E-state index contributed by atoms with van der Waals surface area (Å²) in [5.74, 6) is 0. The number of rotatable bonds is 0. The third kappa shape index (κ3) is 4.12. The van der Waals surface area contributed by atoms with Crippen LogP contribution in [0.5, 0.6) is 0 Å². The van der Waals surface area contributed by atoms with Gasteiger partial charge in [0.1, 0.15) is 0 Å². The summed E-state index contributed by atoms with van der Waals surface area (Å²) < 4.78 is 0. The van der Waals surface area contributed by atoms with Crippen LogP contribution in [0.1, 0.15) is 79.0 Å². The molecule has 4 aliphatic heterocycles. The van der Waals surface area contributed by atoms with Crippen molar-refractivity contribution in [3.63, 3.8) is 0 Å². The fraction of sp³-hybridized carbons (Fsp3) is 0.261. The Balaban J connectivity index is 1.39. The van der Waals surface area contributed by atoms with E-state index in [-0.39, 0.29) is 29.8 Å². The summed E-state index contributed by atoms with van der Waals surface area (Å²) in [7, 11) is 0. The average molecular weight is 664 g/mol. The fourth-order valence-electron chi connectivity index (χ4n) is 9.18. The van der Waals surface area contributed by atoms with Crippen molar-refractivity contribution in [3.8, 4) is 22.3 Å². The Morgan fingerprint density at radius 3 is 1.64 bits per heavy atom. The lowest BCUT2D eigenvalue weighted by molar-refractivity contribution is 0.590. The van der Waals surface area contributed by atoms with Gasteiger partial charge in [0.05, 0.1) is 0 Å². The van der Waals surface area contributed by atoms with Crippen molar-refractivity contribution in [1.82, 2.24) is 0 Å². The molecule has 244 valence electrons. The Labute approximate surface area is 302 Å². The van der Waals surface area contributed by atoms with Crippen LogP contribution in [0.2, 0.25) is 0 Å². The van der Waals surface area contributed by atoms with Crippen molar-refractivity contribution in [2.75, 3.05) is 4.81 Å². The van der Waals surface area contributed by atoms with Crippen molar-refractivity contribution in [3.05, 3.63) is 114 Å². The molecule has 10 rings (SSSR count). The van der Waals surface area contributed by atoms with Gasteiger partial charge in [0, 0.05) is 32.3 Å². The molecule has 4 heteroatoms. The normalized spacial score (nSPS) is 15.1. The quantitative estimate of drug-likeness (QED) is 0.149. The van der Waals surface area contributed by atoms with Crippen LogP contribution in [0.25, 0.3) is 33.0 Å². The van der Waals surface area contributed by atoms with Crippen molar-refractivity contribution in [2.45, 2.75) is 88.3 Å². The van der Waals surface area contributed by atoms with Gasteiger partial charge in [0.2, 0.25) is 6.71 Å². The van der Waals surface area contributed by atoms with E-state index in [0.29, 0.717) is 0 Å². The number of anilines is 2. The molecule has 0 radical (unpaired) electrons. The molecule has 0 saturated carbocycles. The van der Waals surface area contributed by atoms with Gasteiger partial charge in [-0.15, -0.1) is 0 Å². The number of nitrogens with zero attached hydrogens (tertiary/aromatic N) is 1. The van der Waals surface area contributed by atoms with Gasteiger partial charge in [-0.05, 0) is 94.9 Å². The zero-order valence-electron chi connectivity index (χ0n) is 30.7. The van der Waals surface area contributed by atoms with Gasteiger partial charge in [-0.1, -0.05) is 158 Å². The highest BCUT2D eigenvalue weighted by Gasteiger charge is 2.51. The van der Waals surface area contributed by atoms with Gasteiger partial charge in [-0.2, -0.15) is 0 Å². The molecule has 50 heavy (non-hydrogen) atoms. The number of hydrogen-bond donors (Lipinski definition) is 0. The molecule has 0 atom stereocenters. The lowest BCUT2D eigenvalue weighted by Gasteiger charge is -2.51. The molecule has 0 aliphatic carbocycles. The largest absolute Gasteiger partial charge is 0.377 e. The first-order chi connectivity index (χ1) is 23.7. The molecule has 6 aromatic carbocycles. The van der Waals surface area contributed by atoms with Crippen LogP contribution >= 0.6 is 11.8 Å². The topological polar surface area (TPSA) is 3.24 Å². The smallest absolute Gasteiger partial charge is 0.329 e. The molecule has 4 aliphatic rings. The first-order valence-corrected chi connectivity index (χ1v) is 19.1. The van der Waals surface area contributed by atoms with E-state index < -0.39 is 0 Å². The van der Waals surface area contributed by atoms with Crippen molar-refractivity contribution in [1.29, 1.82) is 0 Å². The second kappa shape index (κ2) is 9.80. The van der Waals surface area contributed by atoms with Crippen molar-refractivity contribution in [2.24, 2.45) is 0 Å². The highest BCUT2D eigenvalue weighted by molar-refractivity contribution is 8.00. The van der Waals surface area contributed by atoms with Crippen LogP contribution in [0.4, 0.5) is 11.4 Å². The fourth-order valence-corrected chi connectivity index (χ4v) is 10.4. The zero-order chi connectivity index (χ0) is 34.6. The predicted octanol–water partition coefficient (Wildman–Crippen LogP) is 8.93. The molecule has 4 heterocycles. The maximum Gasteiger partial charge on any atom is 0.329 e. The minimum atomic E-state index is 0.00455. The summed E-state index contributed by atoms with van der Waals surface area (Å²) in [5.41, 5.74) is 19.9. The lowest BCUT2D eigenvalue weighted by atomic mass is 9.31. The summed E-state index contributed by atoms with van der Waals surface area (Å²) >= 11 is 1.97. The molecular weight excluding hydrogens is 620 g/mol. The standard InChI is InChI=1S/C46H43B2NS/c1-44(2,3)28-14-16-31-33-18-19-39-41-43(33)49-42-34(32-17-15-29(45(4,5)6)24-36(32)48(49)35(31)23-28)22-30(46(7,8)9)25-38(42)47(41)37-20-26-12-10-11-13-27(26)21-40(37)50-39/h10-25H,1-9H3. The Bertz CT molecular complexity index is 2490. The molecule has 0 N–H and O–H groups in total. The van der Waals surface area contributed by atoms with Gasteiger partial charge in [0.15, 0.2) is 0 Å². The number of benzene rings is 6. The third-order valence-corrected chi connectivity index (χ3v) is 13.1.